The van der Waals surface area contributed by atoms with Crippen LogP contribution in [0.25, 0.3) is 0 Å². The third-order valence-corrected chi connectivity index (χ3v) is 2.02. The fourth-order valence-corrected chi connectivity index (χ4v) is 1.26. The van der Waals surface area contributed by atoms with Gasteiger partial charge in [-0.1, -0.05) is 18.5 Å². The molecule has 2 N–H and O–H groups in total. The van der Waals surface area contributed by atoms with Gasteiger partial charge in [0.2, 0.25) is 6.39 Å². The monoisotopic (exact) mass is 213 g/mol. The number of nitrogens with zero attached hydrogens (tertiary/aromatic N) is 2. The lowest BCUT2D eigenvalue weighted by Gasteiger charge is -2.12. The number of carboxylic acids is 1. The Morgan fingerprint density at radius 1 is 1.73 bits per heavy atom. The molecule has 0 fully saturated rings. The number of aromatic nitrogens is 2. The Hall–Kier alpha value is -1.43. The number of hydrogen-bond donors (Lipinski definition) is 2. The van der Waals surface area contributed by atoms with Crippen LogP contribution in [0.4, 0.5) is 0 Å². The smallest absolute Gasteiger partial charge is 0.320 e. The summed E-state index contributed by atoms with van der Waals surface area (Å²) in [6.45, 7) is 2.49. The third-order valence-electron chi connectivity index (χ3n) is 2.02. The van der Waals surface area contributed by atoms with Crippen LogP contribution in [0.5, 0.6) is 0 Å². The van der Waals surface area contributed by atoms with Crippen molar-refractivity contribution in [2.24, 2.45) is 0 Å². The van der Waals surface area contributed by atoms with Gasteiger partial charge in [-0.3, -0.25) is 4.79 Å². The second kappa shape index (κ2) is 6.13. The Bertz CT molecular complexity index is 287. The van der Waals surface area contributed by atoms with Gasteiger partial charge in [0.15, 0.2) is 5.82 Å². The van der Waals surface area contributed by atoms with Gasteiger partial charge in [0, 0.05) is 13.0 Å². The van der Waals surface area contributed by atoms with Crippen molar-refractivity contribution in [3.63, 3.8) is 0 Å². The first-order chi connectivity index (χ1) is 7.24. The topological polar surface area (TPSA) is 88.3 Å². The van der Waals surface area contributed by atoms with Crippen molar-refractivity contribution in [1.82, 2.24) is 15.5 Å². The van der Waals surface area contributed by atoms with Crippen LogP contribution in [0, 0.1) is 0 Å². The highest BCUT2D eigenvalue weighted by Gasteiger charge is 2.14. The molecule has 0 aliphatic carbocycles. The molecule has 0 amide bonds. The standard InChI is InChI=1S/C9H15N3O3/c1-2-3-7(9(13)14)10-5-4-8-11-6-15-12-8/h6-7,10H,2-5H2,1H3,(H,13,14). The Morgan fingerprint density at radius 2 is 2.53 bits per heavy atom. The Kier molecular flexibility index (Phi) is 4.76. The molecule has 6 nitrogen and oxygen atoms in total. The van der Waals surface area contributed by atoms with E-state index >= 15 is 0 Å². The van der Waals surface area contributed by atoms with Crippen molar-refractivity contribution in [2.45, 2.75) is 32.2 Å². The minimum atomic E-state index is -0.815. The van der Waals surface area contributed by atoms with E-state index in [1.165, 1.54) is 6.39 Å². The fraction of sp³-hybridized carbons (Fsp3) is 0.667. The van der Waals surface area contributed by atoms with Gasteiger partial charge in [0.25, 0.3) is 0 Å². The predicted octanol–water partition coefficient (Wildman–Crippen LogP) is 0.455. The maximum absolute atomic E-state index is 10.8. The molecule has 0 spiro atoms. The lowest BCUT2D eigenvalue weighted by molar-refractivity contribution is -0.139. The zero-order chi connectivity index (χ0) is 11.1. The average molecular weight is 213 g/mol. The van der Waals surface area contributed by atoms with Crippen molar-refractivity contribution in [2.75, 3.05) is 6.54 Å². The normalized spacial score (nSPS) is 12.6. The molecule has 0 bridgehead atoms. The molecule has 1 unspecified atom stereocenters. The zero-order valence-electron chi connectivity index (χ0n) is 8.64. The fourth-order valence-electron chi connectivity index (χ4n) is 1.26. The molecule has 0 saturated heterocycles. The van der Waals surface area contributed by atoms with E-state index in [-0.39, 0.29) is 0 Å². The summed E-state index contributed by atoms with van der Waals surface area (Å²) in [6.07, 6.45) is 3.30. The highest BCUT2D eigenvalue weighted by Crippen LogP contribution is 1.97. The molecule has 0 saturated carbocycles. The molecule has 1 aromatic heterocycles. The molecule has 0 aliphatic heterocycles. The van der Waals surface area contributed by atoms with Gasteiger partial charge in [-0.05, 0) is 6.42 Å². The Labute approximate surface area is 87.7 Å². The predicted molar refractivity (Wildman–Crippen MR) is 52.3 cm³/mol. The van der Waals surface area contributed by atoms with Gasteiger partial charge in [0.1, 0.15) is 6.04 Å². The molecule has 0 aliphatic rings. The highest BCUT2D eigenvalue weighted by molar-refractivity contribution is 5.73. The number of carbonyl (C=O) groups is 1. The summed E-state index contributed by atoms with van der Waals surface area (Å²) in [6, 6.07) is -0.484. The molecule has 1 heterocycles. The summed E-state index contributed by atoms with van der Waals surface area (Å²) in [5.74, 6) is -0.229. The molecule has 1 atom stereocenters. The van der Waals surface area contributed by atoms with E-state index in [9.17, 15) is 4.79 Å². The lowest BCUT2D eigenvalue weighted by Crippen LogP contribution is -2.37. The van der Waals surface area contributed by atoms with Crippen LogP contribution in [0.2, 0.25) is 0 Å². The molecular formula is C9H15N3O3. The molecule has 1 rings (SSSR count). The van der Waals surface area contributed by atoms with Crippen LogP contribution in [0.15, 0.2) is 10.9 Å². The van der Waals surface area contributed by atoms with Crippen LogP contribution in [0.3, 0.4) is 0 Å². The van der Waals surface area contributed by atoms with Crippen LogP contribution in [-0.2, 0) is 11.2 Å². The van der Waals surface area contributed by atoms with Gasteiger partial charge in [0.05, 0.1) is 0 Å². The maximum Gasteiger partial charge on any atom is 0.320 e. The van der Waals surface area contributed by atoms with Crippen LogP contribution in [-0.4, -0.2) is 33.8 Å². The zero-order valence-corrected chi connectivity index (χ0v) is 8.64. The summed E-state index contributed by atoms with van der Waals surface area (Å²) in [4.78, 5) is 14.6. The largest absolute Gasteiger partial charge is 0.480 e. The minimum absolute atomic E-state index is 0.484. The lowest BCUT2D eigenvalue weighted by atomic mass is 10.1. The molecule has 15 heavy (non-hydrogen) atoms. The Balaban J connectivity index is 2.25. The summed E-state index contributed by atoms with van der Waals surface area (Å²) >= 11 is 0. The van der Waals surface area contributed by atoms with E-state index in [0.717, 1.165) is 6.42 Å². The van der Waals surface area contributed by atoms with Gasteiger partial charge in [-0.15, -0.1) is 0 Å². The number of carboxylic acid groups (broad SMARTS) is 1. The SMILES string of the molecule is CCCC(NCCc1ncon1)C(=O)O. The van der Waals surface area contributed by atoms with E-state index in [0.29, 0.717) is 25.2 Å². The molecule has 0 radical (unpaired) electrons. The molecular weight excluding hydrogens is 198 g/mol. The summed E-state index contributed by atoms with van der Waals surface area (Å²) in [7, 11) is 0. The van der Waals surface area contributed by atoms with Crippen molar-refractivity contribution in [1.29, 1.82) is 0 Å². The maximum atomic E-state index is 10.8. The van der Waals surface area contributed by atoms with E-state index in [1.54, 1.807) is 0 Å². The quantitative estimate of drug-likeness (QED) is 0.683. The first kappa shape index (κ1) is 11.6. The van der Waals surface area contributed by atoms with Crippen LogP contribution in [0.1, 0.15) is 25.6 Å². The summed E-state index contributed by atoms with van der Waals surface area (Å²) in [5, 5.41) is 15.4. The van der Waals surface area contributed by atoms with E-state index in [1.807, 2.05) is 6.92 Å². The second-order valence-electron chi connectivity index (χ2n) is 3.23. The molecule has 6 heteroatoms. The van der Waals surface area contributed by atoms with E-state index < -0.39 is 12.0 Å². The van der Waals surface area contributed by atoms with Gasteiger partial charge >= 0.3 is 5.97 Å². The number of aliphatic carboxylic acids is 1. The molecule has 0 aromatic carbocycles. The second-order valence-corrected chi connectivity index (χ2v) is 3.23. The van der Waals surface area contributed by atoms with Crippen molar-refractivity contribution < 1.29 is 14.4 Å². The van der Waals surface area contributed by atoms with Crippen LogP contribution < -0.4 is 5.32 Å². The molecule has 1 aromatic rings. The van der Waals surface area contributed by atoms with E-state index in [4.69, 9.17) is 5.11 Å². The van der Waals surface area contributed by atoms with Gasteiger partial charge in [-0.2, -0.15) is 4.98 Å². The average Bonchev–Trinajstić information content (AvgIpc) is 2.69. The molecule has 84 valence electrons. The first-order valence-electron chi connectivity index (χ1n) is 4.95. The van der Waals surface area contributed by atoms with E-state index in [2.05, 4.69) is 20.0 Å². The van der Waals surface area contributed by atoms with Crippen molar-refractivity contribution in [3.05, 3.63) is 12.2 Å². The third kappa shape index (κ3) is 4.07. The summed E-state index contributed by atoms with van der Waals surface area (Å²) in [5.41, 5.74) is 0. The van der Waals surface area contributed by atoms with Gasteiger partial charge < -0.3 is 14.9 Å². The van der Waals surface area contributed by atoms with Crippen LogP contribution >= 0.6 is 0 Å². The van der Waals surface area contributed by atoms with Crippen molar-refractivity contribution >= 4 is 5.97 Å². The Morgan fingerprint density at radius 3 is 3.07 bits per heavy atom. The first-order valence-corrected chi connectivity index (χ1v) is 4.95. The van der Waals surface area contributed by atoms with Gasteiger partial charge in [-0.25, -0.2) is 0 Å². The summed E-state index contributed by atoms with van der Waals surface area (Å²) < 4.78 is 4.56. The number of nitrogens with one attached hydrogen (secondary N) is 1. The van der Waals surface area contributed by atoms with Crippen molar-refractivity contribution in [3.8, 4) is 0 Å². The minimum Gasteiger partial charge on any atom is -0.480 e. The number of hydrogen-bond acceptors (Lipinski definition) is 5. The number of rotatable bonds is 7. The highest BCUT2D eigenvalue weighted by atomic mass is 16.5.